The van der Waals surface area contributed by atoms with Gasteiger partial charge in [0.15, 0.2) is 17.4 Å². The van der Waals surface area contributed by atoms with Crippen molar-refractivity contribution in [2.45, 2.75) is 82.8 Å². The zero-order chi connectivity index (χ0) is 29.5. The molecule has 3 fully saturated rings. The number of methoxy groups -OCH3 is 1. The van der Waals surface area contributed by atoms with Gasteiger partial charge in [-0.1, -0.05) is 18.2 Å². The molecule has 7 heteroatoms. The van der Waals surface area contributed by atoms with Gasteiger partial charge in [0.25, 0.3) is 0 Å². The van der Waals surface area contributed by atoms with Crippen LogP contribution in [-0.2, 0) is 20.7 Å². The number of halogens is 2. The Balaban J connectivity index is 1.46. The molecule has 7 rings (SSSR count). The minimum atomic E-state index is -0.943. The van der Waals surface area contributed by atoms with Crippen LogP contribution in [0.2, 0.25) is 0 Å². The van der Waals surface area contributed by atoms with Gasteiger partial charge in [-0.05, 0) is 117 Å². The Kier molecular flexibility index (Phi) is 6.46. The summed E-state index contributed by atoms with van der Waals surface area (Å²) < 4.78 is 35.7. The number of piperidine rings is 1. The Morgan fingerprint density at radius 2 is 1.76 bits per heavy atom. The molecule has 3 unspecified atom stereocenters. The van der Waals surface area contributed by atoms with Crippen LogP contribution < -0.4 is 10.6 Å². The quantitative estimate of drug-likeness (QED) is 0.332. The van der Waals surface area contributed by atoms with E-state index in [1.54, 1.807) is 14.0 Å². The molecular weight excluding hydrogens is 534 g/mol. The number of nitrogens with two attached hydrogens (primary N) is 1. The zero-order valence-electron chi connectivity index (χ0n) is 24.5. The second-order valence-corrected chi connectivity index (χ2v) is 13.1. The average molecular weight is 573 g/mol. The number of allylic oxidation sites excluding steroid dienone is 3. The molecule has 2 N–H and O–H groups in total. The molecule has 0 radical (unpaired) electrons. The molecule has 2 heterocycles. The number of hydrogen-bond acceptors (Lipinski definition) is 4. The Labute approximate surface area is 245 Å². The zero-order valence-corrected chi connectivity index (χ0v) is 24.5. The van der Waals surface area contributed by atoms with E-state index in [0.29, 0.717) is 34.9 Å². The van der Waals surface area contributed by atoms with Gasteiger partial charge in [-0.3, -0.25) is 9.59 Å². The number of nitrogens with zero attached hydrogens (tertiary/aromatic N) is 1. The maximum atomic E-state index is 15.0. The van der Waals surface area contributed by atoms with Gasteiger partial charge in [-0.25, -0.2) is 8.78 Å². The summed E-state index contributed by atoms with van der Waals surface area (Å²) in [5, 5.41) is 0. The third-order valence-electron chi connectivity index (χ3n) is 10.9. The van der Waals surface area contributed by atoms with Gasteiger partial charge in [-0.15, -0.1) is 0 Å². The lowest BCUT2D eigenvalue weighted by Crippen LogP contribution is -2.43. The summed E-state index contributed by atoms with van der Waals surface area (Å²) in [6.07, 6.45) is 9.80. The van der Waals surface area contributed by atoms with E-state index in [1.807, 2.05) is 17.0 Å². The highest BCUT2D eigenvalue weighted by Crippen LogP contribution is 2.67. The number of aryl methyl sites for hydroxylation is 1. The van der Waals surface area contributed by atoms with E-state index in [2.05, 4.69) is 12.1 Å². The van der Waals surface area contributed by atoms with Crippen LogP contribution in [0.25, 0.3) is 5.57 Å². The molecule has 5 nitrogen and oxygen atoms in total. The van der Waals surface area contributed by atoms with Crippen LogP contribution in [0, 0.1) is 29.4 Å². The van der Waals surface area contributed by atoms with Crippen molar-refractivity contribution in [2.24, 2.45) is 23.5 Å². The first-order valence-electron chi connectivity index (χ1n) is 15.3. The number of fused-ring (bicyclic) bond motifs is 6. The molecule has 220 valence electrons. The maximum absolute atomic E-state index is 15.0. The summed E-state index contributed by atoms with van der Waals surface area (Å²) in [4.78, 5) is 28.1. The largest absolute Gasteiger partial charge is 0.402 e. The first-order valence-corrected chi connectivity index (χ1v) is 15.3. The molecule has 5 aliphatic rings. The predicted molar refractivity (Wildman–Crippen MR) is 158 cm³/mol. The van der Waals surface area contributed by atoms with Crippen LogP contribution in [0.5, 0.6) is 0 Å². The van der Waals surface area contributed by atoms with Crippen molar-refractivity contribution >= 4 is 23.0 Å². The summed E-state index contributed by atoms with van der Waals surface area (Å²) in [6, 6.07) is 8.56. The van der Waals surface area contributed by atoms with E-state index < -0.39 is 23.1 Å². The lowest BCUT2D eigenvalue weighted by atomic mass is 9.68. The van der Waals surface area contributed by atoms with Gasteiger partial charge in [0.05, 0.1) is 17.3 Å². The van der Waals surface area contributed by atoms with Gasteiger partial charge in [0.2, 0.25) is 5.91 Å². The Hall–Kier alpha value is -3.32. The molecule has 2 aromatic rings. The van der Waals surface area contributed by atoms with Gasteiger partial charge < -0.3 is 15.4 Å². The molecule has 1 spiro atoms. The molecule has 0 aromatic heterocycles. The summed E-state index contributed by atoms with van der Waals surface area (Å²) in [7, 11) is 1.79. The Bertz CT molecular complexity index is 1570. The van der Waals surface area contributed by atoms with E-state index in [9.17, 15) is 14.0 Å². The normalized spacial score (nSPS) is 31.8. The molecule has 2 bridgehead atoms. The fraction of sp³-hybridized carbons (Fsp3) is 0.486. The van der Waals surface area contributed by atoms with Crippen LogP contribution in [0.4, 0.5) is 14.5 Å². The van der Waals surface area contributed by atoms with E-state index in [0.717, 1.165) is 61.6 Å². The van der Waals surface area contributed by atoms with Crippen molar-refractivity contribution in [1.82, 2.24) is 0 Å². The number of Topliss-reactive ketones (excluding diaryl/α,β-unsaturated/α-hetero) is 1. The predicted octanol–water partition coefficient (Wildman–Crippen LogP) is 6.58. The highest BCUT2D eigenvalue weighted by Gasteiger charge is 2.69. The fourth-order valence-corrected chi connectivity index (χ4v) is 8.96. The van der Waals surface area contributed by atoms with Crippen molar-refractivity contribution in [3.05, 3.63) is 81.6 Å². The monoisotopic (exact) mass is 572 g/mol. The van der Waals surface area contributed by atoms with Crippen molar-refractivity contribution in [3.8, 4) is 0 Å². The number of amides is 1. The van der Waals surface area contributed by atoms with E-state index in [-0.39, 0.29) is 29.6 Å². The molecule has 2 aliphatic heterocycles. The number of anilines is 1. The summed E-state index contributed by atoms with van der Waals surface area (Å²) in [5.74, 6) is -1.48. The number of ether oxygens (including phenoxy) is 1. The number of ketones is 1. The van der Waals surface area contributed by atoms with E-state index in [4.69, 9.17) is 10.5 Å². The van der Waals surface area contributed by atoms with Crippen molar-refractivity contribution in [3.63, 3.8) is 0 Å². The number of rotatable bonds is 4. The van der Waals surface area contributed by atoms with Gasteiger partial charge in [-0.2, -0.15) is 0 Å². The average Bonchev–Trinajstić information content (AvgIpc) is 3.59. The molecule has 1 saturated heterocycles. The van der Waals surface area contributed by atoms with Crippen LogP contribution in [0.1, 0.15) is 87.0 Å². The topological polar surface area (TPSA) is 72.6 Å². The number of carbonyl (C=O) groups excluding carboxylic acids is 2. The van der Waals surface area contributed by atoms with Crippen molar-refractivity contribution in [1.29, 1.82) is 0 Å². The first kappa shape index (κ1) is 27.5. The Morgan fingerprint density at radius 3 is 2.45 bits per heavy atom. The second-order valence-electron chi connectivity index (χ2n) is 13.1. The molecule has 2 aromatic carbocycles. The molecule has 1 amide bonds. The first-order chi connectivity index (χ1) is 20.1. The standard InChI is InChI=1S/C35H38F2N2O3/c1-18(38)34(19(2)40)22-5-4-21-8-11-25(20-6-9-24(42-3)10-7-20)29-14-27(26(21)12-22)28-15-30(36)31(37)16-32(28)39-33(41)13-23-17-35(23,29)39/h4-5,12,14-16,20,23-25,27H,6-11,13,17,38H2,1-3H3/t20?,23?,24?,25-,27?,35?/m0/s1. The number of hydrogen-bond donors (Lipinski definition) is 1. The number of carbonyl (C=O) groups is 2. The van der Waals surface area contributed by atoms with Crippen LogP contribution in [0.15, 0.2) is 47.7 Å². The lowest BCUT2D eigenvalue weighted by molar-refractivity contribution is -0.118. The van der Waals surface area contributed by atoms with Crippen molar-refractivity contribution in [2.75, 3.05) is 12.0 Å². The van der Waals surface area contributed by atoms with Crippen LogP contribution in [-0.4, -0.2) is 30.4 Å². The van der Waals surface area contributed by atoms with Crippen molar-refractivity contribution < 1.29 is 23.1 Å². The Morgan fingerprint density at radius 1 is 1.02 bits per heavy atom. The van der Waals surface area contributed by atoms with E-state index >= 15 is 4.39 Å². The minimum Gasteiger partial charge on any atom is -0.402 e. The number of benzene rings is 2. The lowest BCUT2D eigenvalue weighted by Gasteiger charge is -2.40. The maximum Gasteiger partial charge on any atom is 0.228 e. The third kappa shape index (κ3) is 4.03. The highest BCUT2D eigenvalue weighted by molar-refractivity contribution is 6.20. The minimum absolute atomic E-state index is 0.0133. The molecule has 2 saturated carbocycles. The summed E-state index contributed by atoms with van der Waals surface area (Å²) in [6.45, 7) is 3.23. The highest BCUT2D eigenvalue weighted by atomic mass is 19.2. The van der Waals surface area contributed by atoms with Gasteiger partial charge >= 0.3 is 0 Å². The molecule has 3 aliphatic carbocycles. The summed E-state index contributed by atoms with van der Waals surface area (Å²) in [5.41, 5.74) is 11.8. The molecule has 42 heavy (non-hydrogen) atoms. The van der Waals surface area contributed by atoms with Gasteiger partial charge in [0, 0.05) is 36.8 Å². The van der Waals surface area contributed by atoms with Crippen LogP contribution >= 0.6 is 0 Å². The second kappa shape index (κ2) is 9.87. The third-order valence-corrected chi connectivity index (χ3v) is 10.9. The summed E-state index contributed by atoms with van der Waals surface area (Å²) >= 11 is 0. The molecule has 4 atom stereocenters. The smallest absolute Gasteiger partial charge is 0.228 e. The SMILES string of the molecule is COC1CCC([C@@H]2CCc3ccc(C(C(C)=O)=C(C)N)cc3C3C=C2C24CC2CC(=O)N4c2cc(F)c(F)cc23)CC1. The van der Waals surface area contributed by atoms with Gasteiger partial charge in [0.1, 0.15) is 0 Å². The van der Waals surface area contributed by atoms with Crippen LogP contribution in [0.3, 0.4) is 0 Å². The fourth-order valence-electron chi connectivity index (χ4n) is 8.96. The van der Waals surface area contributed by atoms with E-state index in [1.165, 1.54) is 24.6 Å². The molecular formula is C35H38F2N2O3.